The molecule has 1 unspecified atom stereocenters. The highest BCUT2D eigenvalue weighted by molar-refractivity contribution is 9.10. The molecule has 15 heavy (non-hydrogen) atoms. The van der Waals surface area contributed by atoms with Crippen LogP contribution < -0.4 is 4.72 Å². The quantitative estimate of drug-likeness (QED) is 0.739. The van der Waals surface area contributed by atoms with Crippen LogP contribution >= 0.6 is 15.9 Å². The zero-order chi connectivity index (χ0) is 11.5. The summed E-state index contributed by atoms with van der Waals surface area (Å²) in [5.41, 5.74) is 0. The number of nitrogens with zero attached hydrogens (tertiary/aromatic N) is 1. The van der Waals surface area contributed by atoms with E-state index in [2.05, 4.69) is 20.7 Å². The van der Waals surface area contributed by atoms with E-state index in [1.54, 1.807) is 4.90 Å². The van der Waals surface area contributed by atoms with Crippen molar-refractivity contribution < 1.29 is 13.2 Å². The smallest absolute Gasteiger partial charge is 0.236 e. The minimum absolute atomic E-state index is 0.0524. The zero-order valence-electron chi connectivity index (χ0n) is 8.57. The zero-order valence-corrected chi connectivity index (χ0v) is 11.0. The van der Waals surface area contributed by atoms with Crippen LogP contribution in [0.1, 0.15) is 12.8 Å². The van der Waals surface area contributed by atoms with Crippen molar-refractivity contribution in [2.75, 3.05) is 25.9 Å². The highest BCUT2D eigenvalue weighted by Gasteiger charge is 2.25. The summed E-state index contributed by atoms with van der Waals surface area (Å²) in [6.45, 7) is 1.44. The second-order valence-electron chi connectivity index (χ2n) is 3.60. The van der Waals surface area contributed by atoms with E-state index >= 15 is 0 Å². The standard InChI is InChI=1S/C8H15BrN2O3S/c1-15(13,14)10-4-6-11-5-2-3-7(9)8(11)12/h7,10H,2-6H2,1H3. The second-order valence-corrected chi connectivity index (χ2v) is 6.54. The van der Waals surface area contributed by atoms with Gasteiger partial charge < -0.3 is 4.90 Å². The highest BCUT2D eigenvalue weighted by Crippen LogP contribution is 2.17. The Kier molecular flexibility index (Phi) is 4.54. The van der Waals surface area contributed by atoms with Gasteiger partial charge in [0.1, 0.15) is 0 Å². The molecule has 7 heteroatoms. The van der Waals surface area contributed by atoms with E-state index in [-0.39, 0.29) is 17.3 Å². The molecule has 0 spiro atoms. The number of hydrogen-bond acceptors (Lipinski definition) is 3. The summed E-state index contributed by atoms with van der Waals surface area (Å²) in [6, 6.07) is 0. The summed E-state index contributed by atoms with van der Waals surface area (Å²) in [5.74, 6) is 0.0524. The lowest BCUT2D eigenvalue weighted by molar-refractivity contribution is -0.132. The van der Waals surface area contributed by atoms with Gasteiger partial charge in [-0.05, 0) is 12.8 Å². The molecular weight excluding hydrogens is 284 g/mol. The summed E-state index contributed by atoms with van der Waals surface area (Å²) >= 11 is 3.30. The number of rotatable bonds is 4. The molecule has 1 N–H and O–H groups in total. The maximum absolute atomic E-state index is 11.6. The number of carbonyl (C=O) groups excluding carboxylic acids is 1. The molecule has 0 saturated carbocycles. The summed E-state index contributed by atoms with van der Waals surface area (Å²) in [4.78, 5) is 13.2. The van der Waals surface area contributed by atoms with Crippen LogP contribution in [0.25, 0.3) is 0 Å². The van der Waals surface area contributed by atoms with E-state index in [1.807, 2.05) is 0 Å². The Morgan fingerprint density at radius 3 is 2.87 bits per heavy atom. The average molecular weight is 299 g/mol. The van der Waals surface area contributed by atoms with Crippen LogP contribution in [0.2, 0.25) is 0 Å². The molecular formula is C8H15BrN2O3S. The first-order chi connectivity index (χ1) is 6.90. The van der Waals surface area contributed by atoms with Crippen molar-refractivity contribution in [3.05, 3.63) is 0 Å². The minimum Gasteiger partial charge on any atom is -0.340 e. The van der Waals surface area contributed by atoms with Gasteiger partial charge in [0, 0.05) is 19.6 Å². The Morgan fingerprint density at radius 2 is 2.27 bits per heavy atom. The molecule has 1 aliphatic rings. The van der Waals surface area contributed by atoms with Gasteiger partial charge in [-0.15, -0.1) is 0 Å². The molecule has 0 aromatic carbocycles. The predicted octanol–water partition coefficient (Wildman–Crippen LogP) is -0.0785. The van der Waals surface area contributed by atoms with Gasteiger partial charge in [-0.2, -0.15) is 0 Å². The molecule has 1 amide bonds. The van der Waals surface area contributed by atoms with Crippen molar-refractivity contribution in [3.8, 4) is 0 Å². The number of halogens is 1. The molecule has 1 saturated heterocycles. The first-order valence-electron chi connectivity index (χ1n) is 4.77. The van der Waals surface area contributed by atoms with E-state index in [9.17, 15) is 13.2 Å². The van der Waals surface area contributed by atoms with E-state index in [0.717, 1.165) is 19.1 Å². The molecule has 5 nitrogen and oxygen atoms in total. The van der Waals surface area contributed by atoms with Crippen LogP contribution in [0.5, 0.6) is 0 Å². The van der Waals surface area contributed by atoms with E-state index in [1.165, 1.54) is 0 Å². The number of likely N-dealkylation sites (tertiary alicyclic amines) is 1. The van der Waals surface area contributed by atoms with Gasteiger partial charge in [0.15, 0.2) is 0 Å². The Bertz CT molecular complexity index is 331. The number of piperidine rings is 1. The van der Waals surface area contributed by atoms with Gasteiger partial charge in [-0.25, -0.2) is 13.1 Å². The molecule has 1 heterocycles. The van der Waals surface area contributed by atoms with E-state index in [0.29, 0.717) is 13.1 Å². The third-order valence-corrected chi connectivity index (χ3v) is 3.79. The first kappa shape index (κ1) is 12.9. The molecule has 0 aromatic heterocycles. The Hall–Kier alpha value is -0.140. The van der Waals surface area contributed by atoms with Crippen LogP contribution in [0.15, 0.2) is 0 Å². The molecule has 1 atom stereocenters. The topological polar surface area (TPSA) is 66.5 Å². The summed E-state index contributed by atoms with van der Waals surface area (Å²) < 4.78 is 24.0. The fourth-order valence-corrected chi connectivity index (χ4v) is 2.56. The van der Waals surface area contributed by atoms with Crippen LogP contribution in [0, 0.1) is 0 Å². The summed E-state index contributed by atoms with van der Waals surface area (Å²) in [7, 11) is -3.16. The monoisotopic (exact) mass is 298 g/mol. The molecule has 1 fully saturated rings. The lowest BCUT2D eigenvalue weighted by atomic mass is 10.1. The van der Waals surface area contributed by atoms with Gasteiger partial charge in [-0.1, -0.05) is 15.9 Å². The third-order valence-electron chi connectivity index (χ3n) is 2.21. The van der Waals surface area contributed by atoms with Crippen molar-refractivity contribution in [3.63, 3.8) is 0 Å². The van der Waals surface area contributed by atoms with Gasteiger partial charge in [-0.3, -0.25) is 4.79 Å². The van der Waals surface area contributed by atoms with Gasteiger partial charge >= 0.3 is 0 Å². The first-order valence-corrected chi connectivity index (χ1v) is 7.58. The molecule has 1 aliphatic heterocycles. The van der Waals surface area contributed by atoms with Crippen LogP contribution in [0.3, 0.4) is 0 Å². The fraction of sp³-hybridized carbons (Fsp3) is 0.875. The maximum atomic E-state index is 11.6. The fourth-order valence-electron chi connectivity index (χ4n) is 1.48. The molecule has 0 aliphatic carbocycles. The summed E-state index contributed by atoms with van der Waals surface area (Å²) in [6.07, 6.45) is 2.92. The van der Waals surface area contributed by atoms with Crippen molar-refractivity contribution in [2.45, 2.75) is 17.7 Å². The van der Waals surface area contributed by atoms with E-state index in [4.69, 9.17) is 0 Å². The van der Waals surface area contributed by atoms with Crippen molar-refractivity contribution in [1.82, 2.24) is 9.62 Å². The number of hydrogen-bond donors (Lipinski definition) is 1. The van der Waals surface area contributed by atoms with Gasteiger partial charge in [0.05, 0.1) is 11.1 Å². The number of nitrogens with one attached hydrogen (secondary N) is 1. The van der Waals surface area contributed by atoms with E-state index < -0.39 is 10.0 Å². The number of alkyl halides is 1. The average Bonchev–Trinajstić information content (AvgIpc) is 2.10. The van der Waals surface area contributed by atoms with Crippen molar-refractivity contribution >= 4 is 31.9 Å². The lowest BCUT2D eigenvalue weighted by Gasteiger charge is -2.29. The maximum Gasteiger partial charge on any atom is 0.236 e. The second kappa shape index (κ2) is 5.27. The van der Waals surface area contributed by atoms with Gasteiger partial charge in [0.2, 0.25) is 15.9 Å². The number of amides is 1. The van der Waals surface area contributed by atoms with Gasteiger partial charge in [0.25, 0.3) is 0 Å². The molecule has 1 rings (SSSR count). The molecule has 0 radical (unpaired) electrons. The SMILES string of the molecule is CS(=O)(=O)NCCN1CCCC(Br)C1=O. The van der Waals surface area contributed by atoms with Crippen LogP contribution in [0.4, 0.5) is 0 Å². The lowest BCUT2D eigenvalue weighted by Crippen LogP contribution is -2.45. The Balaban J connectivity index is 2.35. The predicted molar refractivity (Wildman–Crippen MR) is 61.4 cm³/mol. The molecule has 88 valence electrons. The van der Waals surface area contributed by atoms with Crippen molar-refractivity contribution in [1.29, 1.82) is 0 Å². The van der Waals surface area contributed by atoms with Crippen LogP contribution in [-0.4, -0.2) is 49.9 Å². The number of sulfonamides is 1. The molecule has 0 aromatic rings. The Morgan fingerprint density at radius 1 is 1.60 bits per heavy atom. The number of carbonyl (C=O) groups is 1. The Labute approximate surface area is 98.4 Å². The minimum atomic E-state index is -3.16. The van der Waals surface area contributed by atoms with Crippen molar-refractivity contribution in [2.24, 2.45) is 0 Å². The highest BCUT2D eigenvalue weighted by atomic mass is 79.9. The molecule has 0 bridgehead atoms. The van der Waals surface area contributed by atoms with Crippen LogP contribution in [-0.2, 0) is 14.8 Å². The summed E-state index contributed by atoms with van der Waals surface area (Å²) in [5, 5.41) is 0. The normalized spacial score (nSPS) is 23.2. The largest absolute Gasteiger partial charge is 0.340 e. The third kappa shape index (κ3) is 4.48.